The van der Waals surface area contributed by atoms with Crippen molar-refractivity contribution in [2.45, 2.75) is 61.5 Å². The monoisotopic (exact) mass is 1020 g/mol. The summed E-state index contributed by atoms with van der Waals surface area (Å²) in [5.74, 6) is -2.39. The number of likely N-dealkylation sites (tertiary alicyclic amines) is 2. The molecule has 4 aromatic carbocycles. The van der Waals surface area contributed by atoms with Crippen molar-refractivity contribution in [3.05, 3.63) is 128 Å². The van der Waals surface area contributed by atoms with Crippen molar-refractivity contribution in [1.29, 1.82) is 0 Å². The quantitative estimate of drug-likeness (QED) is 0.205. The van der Waals surface area contributed by atoms with Gasteiger partial charge in [0.1, 0.15) is 11.1 Å². The number of rotatable bonds is 4. The normalized spacial score (nSPS) is 18.4. The van der Waals surface area contributed by atoms with Crippen molar-refractivity contribution >= 4 is 58.2 Å². The Morgan fingerprint density at radius 2 is 0.884 bits per heavy atom. The first-order valence-electron chi connectivity index (χ1n) is 20.8. The van der Waals surface area contributed by atoms with Gasteiger partial charge in [-0.1, -0.05) is 47.5 Å². The number of hydrogen-bond acceptors (Lipinski definition) is 6. The molecule has 4 amide bonds. The standard InChI is InChI=1S/C23H20ClF6N3O2.C22H18ClF6N3O2/c1-31-13-33(18-5-3-2-4-17(18)24)21(20(31)35)6-8-32(9-7-21)19(34)14-10-15(22(25,26)27)12-16(11-14)23(28,29)30;23-16-3-1-2-4-17(16)32-12-30-19(34)20(32)5-7-31(8-6-20)18(33)13-9-14(21(24,25)26)11-15(10-13)22(27,28)29/h2-5,10-12H,6-9,13H2,1H3;1-4,9-11H,5-8,12H2,(H,30,34). The topological polar surface area (TPSA) is 96.5 Å². The molecule has 0 unspecified atom stereocenters. The number of piperidine rings is 2. The molecule has 10 nitrogen and oxygen atoms in total. The summed E-state index contributed by atoms with van der Waals surface area (Å²) in [4.78, 5) is 59.2. The lowest BCUT2D eigenvalue weighted by atomic mass is 9.85. The summed E-state index contributed by atoms with van der Waals surface area (Å²) in [7, 11) is 1.62. The zero-order chi connectivity index (χ0) is 50.6. The molecule has 69 heavy (non-hydrogen) atoms. The van der Waals surface area contributed by atoms with Crippen molar-refractivity contribution in [2.24, 2.45) is 0 Å². The van der Waals surface area contributed by atoms with E-state index in [1.165, 1.54) is 9.80 Å². The highest BCUT2D eigenvalue weighted by atomic mass is 35.5. The third kappa shape index (κ3) is 10.1. The van der Waals surface area contributed by atoms with E-state index in [1.54, 1.807) is 60.5 Å². The molecule has 2 spiro atoms. The second-order valence-corrected chi connectivity index (χ2v) is 17.6. The van der Waals surface area contributed by atoms with E-state index in [0.717, 1.165) is 4.90 Å². The number of hydrogen-bond donors (Lipinski definition) is 1. The van der Waals surface area contributed by atoms with Crippen molar-refractivity contribution in [1.82, 2.24) is 20.0 Å². The van der Waals surface area contributed by atoms with Crippen LogP contribution in [0.1, 0.15) is 68.7 Å². The maximum absolute atomic E-state index is 13.2. The first-order chi connectivity index (χ1) is 32.1. The molecule has 4 fully saturated rings. The maximum atomic E-state index is 13.2. The number of amides is 4. The molecule has 0 aromatic heterocycles. The summed E-state index contributed by atoms with van der Waals surface area (Å²) in [5.41, 5.74) is -8.47. The summed E-state index contributed by atoms with van der Waals surface area (Å²) in [6.07, 6.45) is -19.7. The van der Waals surface area contributed by atoms with Gasteiger partial charge in [-0.05, 0) is 86.3 Å². The molecular formula is C45H38Cl2F12N6O4. The van der Waals surface area contributed by atoms with Crippen LogP contribution in [0.25, 0.3) is 0 Å². The molecule has 0 saturated carbocycles. The lowest BCUT2D eigenvalue weighted by Gasteiger charge is -2.43. The first kappa shape index (κ1) is 51.0. The van der Waals surface area contributed by atoms with Crippen LogP contribution in [-0.4, -0.2) is 96.0 Å². The smallest absolute Gasteiger partial charge is 0.338 e. The van der Waals surface area contributed by atoms with Gasteiger partial charge >= 0.3 is 24.7 Å². The second kappa shape index (κ2) is 18.4. The van der Waals surface area contributed by atoms with Crippen molar-refractivity contribution in [2.75, 3.05) is 56.4 Å². The van der Waals surface area contributed by atoms with Crippen LogP contribution in [-0.2, 0) is 34.3 Å². The molecule has 0 atom stereocenters. The lowest BCUT2D eigenvalue weighted by molar-refractivity contribution is -0.144. The van der Waals surface area contributed by atoms with Gasteiger partial charge in [-0.25, -0.2) is 0 Å². The number of likely N-dealkylation sites (N-methyl/N-ethyl adjacent to an activating group) is 1. The van der Waals surface area contributed by atoms with Gasteiger partial charge in [0.25, 0.3) is 11.8 Å². The SMILES string of the molecule is CN1CN(c2ccccc2Cl)C2(CCN(C(=O)c3cc(C(F)(F)F)cc(C(F)(F)F)c3)CC2)C1=O.O=C(c1cc(C(F)(F)F)cc(C(F)(F)F)c1)N1CCC2(CC1)C(=O)NCN2c1ccccc1Cl. The molecule has 24 heteroatoms. The highest BCUT2D eigenvalue weighted by Gasteiger charge is 2.54. The Morgan fingerprint density at radius 3 is 1.25 bits per heavy atom. The molecule has 8 rings (SSSR count). The fraction of sp³-hybridized carbons (Fsp3) is 0.378. The minimum absolute atomic E-state index is 0.0174. The Morgan fingerprint density at radius 1 is 0.536 bits per heavy atom. The summed E-state index contributed by atoms with van der Waals surface area (Å²) >= 11 is 12.6. The number of alkyl halides is 12. The molecule has 370 valence electrons. The van der Waals surface area contributed by atoms with E-state index in [-0.39, 0.29) is 89.1 Å². The number of benzene rings is 4. The number of carbonyl (C=O) groups is 4. The predicted octanol–water partition coefficient (Wildman–Crippen LogP) is 10.2. The minimum atomic E-state index is -5.06. The molecule has 0 radical (unpaired) electrons. The number of nitrogens with one attached hydrogen (secondary N) is 1. The van der Waals surface area contributed by atoms with Crippen LogP contribution in [0.4, 0.5) is 64.1 Å². The van der Waals surface area contributed by atoms with Crippen LogP contribution in [0.3, 0.4) is 0 Å². The van der Waals surface area contributed by atoms with Crippen LogP contribution in [0.5, 0.6) is 0 Å². The average Bonchev–Trinajstić information content (AvgIpc) is 3.72. The number of para-hydroxylation sites is 2. The predicted molar refractivity (Wildman–Crippen MR) is 227 cm³/mol. The van der Waals surface area contributed by atoms with Crippen LogP contribution < -0.4 is 15.1 Å². The third-order valence-corrected chi connectivity index (χ3v) is 13.3. The highest BCUT2D eigenvalue weighted by molar-refractivity contribution is 6.33. The second-order valence-electron chi connectivity index (χ2n) is 16.8. The van der Waals surface area contributed by atoms with Gasteiger partial charge in [0, 0.05) is 44.4 Å². The molecule has 4 aromatic rings. The molecule has 1 N–H and O–H groups in total. The van der Waals surface area contributed by atoms with E-state index in [4.69, 9.17) is 23.2 Å². The number of halogens is 14. The van der Waals surface area contributed by atoms with Gasteiger partial charge < -0.3 is 29.8 Å². The average molecular weight is 1030 g/mol. The molecule has 4 heterocycles. The summed E-state index contributed by atoms with van der Waals surface area (Å²) in [5, 5.41) is 3.60. The van der Waals surface area contributed by atoms with Crippen molar-refractivity contribution in [3.63, 3.8) is 0 Å². The van der Waals surface area contributed by atoms with Gasteiger partial charge in [-0.15, -0.1) is 0 Å². The van der Waals surface area contributed by atoms with Gasteiger partial charge in [0.15, 0.2) is 0 Å². The first-order valence-corrected chi connectivity index (χ1v) is 21.6. The van der Waals surface area contributed by atoms with E-state index < -0.39 is 81.0 Å². The highest BCUT2D eigenvalue weighted by Crippen LogP contribution is 2.44. The molecular weight excluding hydrogens is 987 g/mol. The van der Waals surface area contributed by atoms with Gasteiger partial charge in [0.2, 0.25) is 11.8 Å². The Balaban J connectivity index is 0.000000204. The number of carbonyl (C=O) groups excluding carboxylic acids is 4. The third-order valence-electron chi connectivity index (χ3n) is 12.7. The van der Waals surface area contributed by atoms with Gasteiger partial charge in [-0.3, -0.25) is 19.2 Å². The number of anilines is 2. The zero-order valence-electron chi connectivity index (χ0n) is 35.8. The Bertz CT molecular complexity index is 2580. The van der Waals surface area contributed by atoms with E-state index in [2.05, 4.69) is 5.32 Å². The maximum Gasteiger partial charge on any atom is 0.416 e. The van der Waals surface area contributed by atoms with E-state index in [1.807, 2.05) is 4.90 Å². The van der Waals surface area contributed by atoms with Gasteiger partial charge in [0.05, 0.1) is 57.0 Å². The fourth-order valence-electron chi connectivity index (χ4n) is 9.10. The number of nitrogens with zero attached hydrogens (tertiary/aromatic N) is 5. The van der Waals surface area contributed by atoms with Crippen LogP contribution in [0.15, 0.2) is 84.9 Å². The Kier molecular flexibility index (Phi) is 13.6. The zero-order valence-corrected chi connectivity index (χ0v) is 37.3. The fourth-order valence-corrected chi connectivity index (χ4v) is 9.57. The molecule has 4 aliphatic heterocycles. The van der Waals surface area contributed by atoms with Crippen LogP contribution in [0, 0.1) is 0 Å². The van der Waals surface area contributed by atoms with Crippen molar-refractivity contribution in [3.8, 4) is 0 Å². The Labute approximate surface area is 395 Å². The minimum Gasteiger partial charge on any atom is -0.338 e. The molecule has 4 aliphatic rings. The van der Waals surface area contributed by atoms with Gasteiger partial charge in [-0.2, -0.15) is 52.7 Å². The van der Waals surface area contributed by atoms with E-state index in [0.29, 0.717) is 45.7 Å². The largest absolute Gasteiger partial charge is 0.416 e. The molecule has 0 bridgehead atoms. The molecule has 0 aliphatic carbocycles. The Hall–Kier alpha value is -5.90. The van der Waals surface area contributed by atoms with Crippen molar-refractivity contribution < 1.29 is 71.9 Å². The van der Waals surface area contributed by atoms with E-state index >= 15 is 0 Å². The molecule has 4 saturated heterocycles. The van der Waals surface area contributed by atoms with Crippen LogP contribution >= 0.6 is 23.2 Å². The van der Waals surface area contributed by atoms with Crippen LogP contribution in [0.2, 0.25) is 10.0 Å². The lowest BCUT2D eigenvalue weighted by Crippen LogP contribution is -2.57. The summed E-state index contributed by atoms with van der Waals surface area (Å²) in [6.45, 7) is 0.293. The summed E-state index contributed by atoms with van der Waals surface area (Å²) in [6, 6.07) is 15.5. The van der Waals surface area contributed by atoms with E-state index in [9.17, 15) is 71.9 Å². The summed E-state index contributed by atoms with van der Waals surface area (Å²) < 4.78 is 158.